The summed E-state index contributed by atoms with van der Waals surface area (Å²) in [4.78, 5) is 13.6. The first-order valence-electron chi connectivity index (χ1n) is 5.54. The summed E-state index contributed by atoms with van der Waals surface area (Å²) in [5, 5.41) is 9.65. The maximum absolute atomic E-state index is 11.8. The van der Waals surface area contributed by atoms with E-state index in [0.717, 1.165) is 5.56 Å². The van der Waals surface area contributed by atoms with Crippen LogP contribution in [-0.2, 0) is 11.3 Å². The molecule has 17 heavy (non-hydrogen) atoms. The molecule has 3 nitrogen and oxygen atoms in total. The molecule has 0 bridgehead atoms. The molecular weight excluding hydrogens is 280 g/mol. The van der Waals surface area contributed by atoms with Crippen LogP contribution >= 0.6 is 15.9 Å². The van der Waals surface area contributed by atoms with Gasteiger partial charge >= 0.3 is 0 Å². The molecule has 0 N–H and O–H groups in total. The molecule has 1 aromatic rings. The summed E-state index contributed by atoms with van der Waals surface area (Å²) < 4.78 is 0. The molecule has 0 spiro atoms. The van der Waals surface area contributed by atoms with Gasteiger partial charge in [0.2, 0.25) is 5.91 Å². The fourth-order valence-electron chi connectivity index (χ4n) is 1.59. The van der Waals surface area contributed by atoms with Gasteiger partial charge in [0.05, 0.1) is 11.6 Å². The smallest absolute Gasteiger partial charge is 0.223 e. The number of halogens is 1. The number of rotatable bonds is 5. The maximum Gasteiger partial charge on any atom is 0.223 e. The highest BCUT2D eigenvalue weighted by Crippen LogP contribution is 2.11. The summed E-state index contributed by atoms with van der Waals surface area (Å²) in [6, 6.07) is 9.54. The van der Waals surface area contributed by atoms with E-state index < -0.39 is 0 Å². The van der Waals surface area contributed by atoms with Gasteiger partial charge in [-0.3, -0.25) is 4.79 Å². The molecule has 1 amide bonds. The second kappa shape index (κ2) is 7.08. The monoisotopic (exact) mass is 294 g/mol. The number of alkyl halides is 1. The molecule has 1 rings (SSSR count). The molecular formula is C13H15BrN2O. The zero-order valence-corrected chi connectivity index (χ0v) is 11.4. The number of nitrogens with zero attached hydrogens (tertiary/aromatic N) is 2. The van der Waals surface area contributed by atoms with Crippen LogP contribution in [0.25, 0.3) is 0 Å². The van der Waals surface area contributed by atoms with Gasteiger partial charge < -0.3 is 4.90 Å². The predicted molar refractivity (Wildman–Crippen MR) is 70.7 cm³/mol. The van der Waals surface area contributed by atoms with Gasteiger partial charge in [-0.05, 0) is 18.6 Å². The lowest BCUT2D eigenvalue weighted by molar-refractivity contribution is -0.131. The van der Waals surface area contributed by atoms with Crippen molar-refractivity contribution in [2.24, 2.45) is 0 Å². The molecule has 0 saturated carbocycles. The van der Waals surface area contributed by atoms with Gasteiger partial charge in [-0.25, -0.2) is 0 Å². The Labute approximate surface area is 110 Å². The number of benzene rings is 1. The first-order chi connectivity index (χ1) is 8.22. The van der Waals surface area contributed by atoms with Gasteiger partial charge in [0.25, 0.3) is 0 Å². The summed E-state index contributed by atoms with van der Waals surface area (Å²) in [6.45, 7) is 3.11. The lowest BCUT2D eigenvalue weighted by atomic mass is 10.1. The minimum Gasteiger partial charge on any atom is -0.339 e. The van der Waals surface area contributed by atoms with Crippen LogP contribution in [0.5, 0.6) is 0 Å². The number of carbonyl (C=O) groups is 1. The Morgan fingerprint density at radius 3 is 2.76 bits per heavy atom. The lowest BCUT2D eigenvalue weighted by Crippen LogP contribution is -2.30. The number of nitriles is 1. The van der Waals surface area contributed by atoms with Crippen LogP contribution in [-0.4, -0.2) is 22.7 Å². The van der Waals surface area contributed by atoms with Crippen LogP contribution in [0.3, 0.4) is 0 Å². The third-order valence-electron chi connectivity index (χ3n) is 2.54. The molecule has 0 radical (unpaired) electrons. The minimum absolute atomic E-state index is 0.108. The molecule has 4 heteroatoms. The number of carbonyl (C=O) groups excluding carboxylic acids is 1. The van der Waals surface area contributed by atoms with Gasteiger partial charge in [0.15, 0.2) is 0 Å². The van der Waals surface area contributed by atoms with Crippen LogP contribution in [0, 0.1) is 11.3 Å². The topological polar surface area (TPSA) is 44.1 Å². The van der Waals surface area contributed by atoms with Gasteiger partial charge in [0, 0.05) is 24.8 Å². The Balaban J connectivity index is 2.81. The molecule has 0 aliphatic heterocycles. The van der Waals surface area contributed by atoms with Crippen LogP contribution in [0.2, 0.25) is 0 Å². The fraction of sp³-hybridized carbons (Fsp3) is 0.385. The second-order valence-corrected chi connectivity index (χ2v) is 4.41. The molecule has 90 valence electrons. The van der Waals surface area contributed by atoms with Gasteiger partial charge in [-0.1, -0.05) is 34.1 Å². The molecule has 0 aliphatic carbocycles. The molecule has 0 heterocycles. The number of amides is 1. The Morgan fingerprint density at radius 2 is 2.18 bits per heavy atom. The van der Waals surface area contributed by atoms with Gasteiger partial charge in [-0.15, -0.1) is 0 Å². The number of hydrogen-bond acceptors (Lipinski definition) is 2. The van der Waals surface area contributed by atoms with E-state index in [1.165, 1.54) is 0 Å². The zero-order valence-electron chi connectivity index (χ0n) is 9.82. The highest BCUT2D eigenvalue weighted by Gasteiger charge is 2.12. The number of hydrogen-bond donors (Lipinski definition) is 0. The zero-order chi connectivity index (χ0) is 12.7. The molecule has 0 unspecified atom stereocenters. The quantitative estimate of drug-likeness (QED) is 0.784. The highest BCUT2D eigenvalue weighted by atomic mass is 79.9. The van der Waals surface area contributed by atoms with Crippen molar-refractivity contribution in [3.05, 3.63) is 35.4 Å². The van der Waals surface area contributed by atoms with Crippen LogP contribution < -0.4 is 0 Å². The minimum atomic E-state index is 0.108. The fourth-order valence-corrected chi connectivity index (χ4v) is 1.93. The third-order valence-corrected chi connectivity index (χ3v) is 2.94. The average molecular weight is 295 g/mol. The second-order valence-electron chi connectivity index (χ2n) is 3.62. The van der Waals surface area contributed by atoms with E-state index in [2.05, 4.69) is 22.0 Å². The van der Waals surface area contributed by atoms with Crippen molar-refractivity contribution in [1.82, 2.24) is 4.90 Å². The van der Waals surface area contributed by atoms with E-state index in [1.807, 2.05) is 25.1 Å². The van der Waals surface area contributed by atoms with Crippen molar-refractivity contribution in [2.45, 2.75) is 19.9 Å². The van der Waals surface area contributed by atoms with E-state index >= 15 is 0 Å². The summed E-state index contributed by atoms with van der Waals surface area (Å²) in [6.07, 6.45) is 0.489. The summed E-state index contributed by atoms with van der Waals surface area (Å²) in [7, 11) is 0. The Kier molecular flexibility index (Phi) is 5.71. The van der Waals surface area contributed by atoms with Crippen LogP contribution in [0.1, 0.15) is 24.5 Å². The van der Waals surface area contributed by atoms with Crippen molar-refractivity contribution in [3.8, 4) is 6.07 Å². The Hall–Kier alpha value is -1.34. The predicted octanol–water partition coefficient (Wildman–Crippen LogP) is 2.69. The first kappa shape index (κ1) is 13.7. The van der Waals surface area contributed by atoms with Gasteiger partial charge in [0.1, 0.15) is 0 Å². The molecule has 0 saturated heterocycles. The van der Waals surface area contributed by atoms with E-state index in [9.17, 15) is 4.79 Å². The van der Waals surface area contributed by atoms with Gasteiger partial charge in [-0.2, -0.15) is 5.26 Å². The third kappa shape index (κ3) is 3.86. The molecule has 0 atom stereocenters. The van der Waals surface area contributed by atoms with E-state index in [4.69, 9.17) is 5.26 Å². The van der Waals surface area contributed by atoms with Crippen molar-refractivity contribution in [1.29, 1.82) is 5.26 Å². The lowest BCUT2D eigenvalue weighted by Gasteiger charge is -2.21. The normalized spacial score (nSPS) is 9.71. The summed E-state index contributed by atoms with van der Waals surface area (Å²) >= 11 is 3.26. The van der Waals surface area contributed by atoms with E-state index in [1.54, 1.807) is 11.0 Å². The van der Waals surface area contributed by atoms with Crippen molar-refractivity contribution >= 4 is 21.8 Å². The average Bonchev–Trinajstić information content (AvgIpc) is 2.36. The van der Waals surface area contributed by atoms with Crippen molar-refractivity contribution < 1.29 is 4.79 Å². The summed E-state index contributed by atoms with van der Waals surface area (Å²) in [5.41, 5.74) is 1.54. The molecule has 0 aromatic heterocycles. The summed E-state index contributed by atoms with van der Waals surface area (Å²) in [5.74, 6) is 0.108. The largest absolute Gasteiger partial charge is 0.339 e. The highest BCUT2D eigenvalue weighted by molar-refractivity contribution is 9.09. The Bertz CT molecular complexity index is 426. The Morgan fingerprint density at radius 1 is 1.47 bits per heavy atom. The van der Waals surface area contributed by atoms with Crippen LogP contribution in [0.4, 0.5) is 0 Å². The standard InChI is InChI=1S/C13H15BrN2O/c1-2-16(13(17)7-8-14)10-12-6-4-3-5-11(12)9-15/h3-6H,2,7-8,10H2,1H3. The SMILES string of the molecule is CCN(Cc1ccccc1C#N)C(=O)CCBr. The molecule has 0 fully saturated rings. The van der Waals surface area contributed by atoms with E-state index in [0.29, 0.717) is 30.4 Å². The molecule has 1 aromatic carbocycles. The maximum atomic E-state index is 11.8. The van der Waals surface area contributed by atoms with Crippen LogP contribution in [0.15, 0.2) is 24.3 Å². The van der Waals surface area contributed by atoms with Crippen molar-refractivity contribution in [2.75, 3.05) is 11.9 Å². The van der Waals surface area contributed by atoms with E-state index in [-0.39, 0.29) is 5.91 Å². The first-order valence-corrected chi connectivity index (χ1v) is 6.66. The van der Waals surface area contributed by atoms with Crippen molar-refractivity contribution in [3.63, 3.8) is 0 Å². The molecule has 0 aliphatic rings.